The van der Waals surface area contributed by atoms with Crippen LogP contribution in [0.4, 0.5) is 5.69 Å². The fourth-order valence-corrected chi connectivity index (χ4v) is 7.60. The Hall–Kier alpha value is -2.94. The number of piperazine rings is 1. The fourth-order valence-electron chi connectivity index (χ4n) is 7.60. The van der Waals surface area contributed by atoms with Crippen LogP contribution in [0.3, 0.4) is 0 Å². The molecule has 2 heterocycles. The van der Waals surface area contributed by atoms with Gasteiger partial charge < -0.3 is 14.1 Å². The Balaban J connectivity index is 1.22. The first kappa shape index (κ1) is 21.6. The number of nitro benzene ring substituents is 1. The van der Waals surface area contributed by atoms with Gasteiger partial charge >= 0.3 is 5.63 Å². The molecule has 1 amide bonds. The van der Waals surface area contributed by atoms with E-state index in [1.807, 2.05) is 0 Å². The lowest BCUT2D eigenvalue weighted by Gasteiger charge is -2.61. The Bertz CT molecular complexity index is 1190. The van der Waals surface area contributed by atoms with Gasteiger partial charge in [-0.15, -0.1) is 0 Å². The second-order valence-electron chi connectivity index (χ2n) is 10.7. The maximum absolute atomic E-state index is 13.3. The fraction of sp³-hybridized carbons (Fsp3) is 0.600. The van der Waals surface area contributed by atoms with E-state index in [-0.39, 0.29) is 28.5 Å². The molecule has 0 spiro atoms. The smallest absolute Gasteiger partial charge is 0.349 e. The molecule has 4 bridgehead atoms. The molecule has 9 heteroatoms. The predicted molar refractivity (Wildman–Crippen MR) is 124 cm³/mol. The van der Waals surface area contributed by atoms with Crippen molar-refractivity contribution in [1.29, 1.82) is 0 Å². The van der Waals surface area contributed by atoms with Crippen LogP contribution in [-0.4, -0.2) is 59.5 Å². The molecular weight excluding hydrogens is 438 g/mol. The second-order valence-corrected chi connectivity index (χ2v) is 10.7. The molecule has 180 valence electrons. The van der Waals surface area contributed by atoms with Crippen LogP contribution in [0, 0.1) is 27.9 Å². The zero-order chi connectivity index (χ0) is 23.6. The second kappa shape index (κ2) is 7.80. The molecule has 0 atom stereocenters. The summed E-state index contributed by atoms with van der Waals surface area (Å²) in [6.07, 6.45) is 8.08. The quantitative estimate of drug-likeness (QED) is 0.385. The molecule has 4 saturated carbocycles. The summed E-state index contributed by atoms with van der Waals surface area (Å²) in [5, 5.41) is 11.6. The minimum absolute atomic E-state index is 0.0875. The Kier molecular flexibility index (Phi) is 4.95. The number of non-ortho nitro benzene ring substituents is 1. The van der Waals surface area contributed by atoms with Crippen molar-refractivity contribution in [2.75, 3.05) is 33.3 Å². The number of nitro groups is 1. The van der Waals surface area contributed by atoms with Crippen molar-refractivity contribution in [3.05, 3.63) is 44.3 Å². The number of rotatable bonds is 4. The van der Waals surface area contributed by atoms with Crippen LogP contribution in [0.2, 0.25) is 0 Å². The third kappa shape index (κ3) is 3.40. The number of hydrogen-bond donors (Lipinski definition) is 0. The van der Waals surface area contributed by atoms with Gasteiger partial charge in [-0.1, -0.05) is 0 Å². The Morgan fingerprint density at radius 3 is 2.24 bits per heavy atom. The summed E-state index contributed by atoms with van der Waals surface area (Å²) in [5.74, 6) is 2.31. The molecule has 9 nitrogen and oxygen atoms in total. The van der Waals surface area contributed by atoms with Gasteiger partial charge in [-0.2, -0.15) is 0 Å². The highest BCUT2D eigenvalue weighted by Crippen LogP contribution is 2.57. The van der Waals surface area contributed by atoms with Gasteiger partial charge in [0, 0.05) is 43.2 Å². The Morgan fingerprint density at radius 1 is 1.06 bits per heavy atom. The number of fused-ring (bicyclic) bond motifs is 1. The zero-order valence-corrected chi connectivity index (χ0v) is 19.3. The highest BCUT2D eigenvalue weighted by Gasteiger charge is 2.53. The first-order valence-corrected chi connectivity index (χ1v) is 12.2. The summed E-state index contributed by atoms with van der Waals surface area (Å²) in [4.78, 5) is 41.0. The molecule has 1 aromatic carbocycles. The highest BCUT2D eigenvalue weighted by molar-refractivity contribution is 5.98. The van der Waals surface area contributed by atoms with Gasteiger partial charge in [0.25, 0.3) is 11.6 Å². The minimum Gasteiger partial charge on any atom is -0.493 e. The minimum atomic E-state index is -0.756. The molecule has 5 fully saturated rings. The van der Waals surface area contributed by atoms with E-state index in [2.05, 4.69) is 4.90 Å². The van der Waals surface area contributed by atoms with Gasteiger partial charge in [-0.25, -0.2) is 4.79 Å². The zero-order valence-electron chi connectivity index (χ0n) is 19.3. The van der Waals surface area contributed by atoms with Crippen molar-refractivity contribution in [1.82, 2.24) is 9.80 Å². The molecule has 7 rings (SSSR count). The lowest BCUT2D eigenvalue weighted by atomic mass is 9.52. The van der Waals surface area contributed by atoms with Crippen LogP contribution in [0.15, 0.2) is 27.4 Å². The number of amides is 1. The summed E-state index contributed by atoms with van der Waals surface area (Å²) in [6, 6.07) is 3.89. The monoisotopic (exact) mass is 467 g/mol. The van der Waals surface area contributed by atoms with Crippen LogP contribution in [-0.2, 0) is 0 Å². The van der Waals surface area contributed by atoms with Crippen molar-refractivity contribution < 1.29 is 18.9 Å². The third-order valence-electron chi connectivity index (χ3n) is 8.69. The molecule has 1 aromatic heterocycles. The molecule has 0 radical (unpaired) electrons. The number of carbonyl (C=O) groups is 1. The number of methoxy groups -OCH3 is 1. The summed E-state index contributed by atoms with van der Waals surface area (Å²) in [6.45, 7) is 2.76. The number of nitrogens with zero attached hydrogens (tertiary/aromatic N) is 3. The van der Waals surface area contributed by atoms with Gasteiger partial charge in [0.2, 0.25) is 0 Å². The van der Waals surface area contributed by atoms with Crippen LogP contribution < -0.4 is 10.4 Å². The molecule has 1 saturated heterocycles. The van der Waals surface area contributed by atoms with Gasteiger partial charge in [-0.3, -0.25) is 19.8 Å². The first-order chi connectivity index (χ1) is 16.3. The topological polar surface area (TPSA) is 106 Å². The Labute approximate surface area is 196 Å². The van der Waals surface area contributed by atoms with Gasteiger partial charge in [0.15, 0.2) is 11.3 Å². The van der Waals surface area contributed by atoms with Gasteiger partial charge in [0.1, 0.15) is 5.56 Å². The maximum Gasteiger partial charge on any atom is 0.349 e. The van der Waals surface area contributed by atoms with E-state index in [0.717, 1.165) is 30.8 Å². The molecule has 4 aliphatic carbocycles. The van der Waals surface area contributed by atoms with Crippen LogP contribution >= 0.6 is 0 Å². The van der Waals surface area contributed by atoms with E-state index in [9.17, 15) is 19.7 Å². The van der Waals surface area contributed by atoms with Crippen molar-refractivity contribution in [3.8, 4) is 5.75 Å². The van der Waals surface area contributed by atoms with Crippen molar-refractivity contribution in [3.63, 3.8) is 0 Å². The molecular formula is C25H29N3O6. The normalized spacial score (nSPS) is 30.6. The third-order valence-corrected chi connectivity index (χ3v) is 8.69. The Morgan fingerprint density at radius 2 is 1.68 bits per heavy atom. The van der Waals surface area contributed by atoms with Crippen LogP contribution in [0.5, 0.6) is 5.75 Å². The summed E-state index contributed by atoms with van der Waals surface area (Å²) in [7, 11) is 1.35. The molecule has 34 heavy (non-hydrogen) atoms. The molecule has 0 unspecified atom stereocenters. The van der Waals surface area contributed by atoms with E-state index in [1.165, 1.54) is 63.8 Å². The van der Waals surface area contributed by atoms with Crippen LogP contribution in [0.1, 0.15) is 48.9 Å². The van der Waals surface area contributed by atoms with Crippen molar-refractivity contribution in [2.45, 2.75) is 44.1 Å². The lowest BCUT2D eigenvalue weighted by Crippen LogP contribution is -2.64. The summed E-state index contributed by atoms with van der Waals surface area (Å²) in [5.41, 5.74) is -0.644. The van der Waals surface area contributed by atoms with E-state index >= 15 is 0 Å². The average Bonchev–Trinajstić information content (AvgIpc) is 2.82. The maximum atomic E-state index is 13.3. The number of carbonyl (C=O) groups excluding carboxylic acids is 1. The molecule has 1 aliphatic heterocycles. The van der Waals surface area contributed by atoms with E-state index in [0.29, 0.717) is 24.0 Å². The van der Waals surface area contributed by atoms with Crippen molar-refractivity contribution >= 4 is 22.6 Å². The first-order valence-electron chi connectivity index (χ1n) is 12.2. The van der Waals surface area contributed by atoms with E-state index in [1.54, 1.807) is 4.90 Å². The molecule has 5 aliphatic rings. The number of benzene rings is 1. The molecule has 0 N–H and O–H groups in total. The highest BCUT2D eigenvalue weighted by atomic mass is 16.6. The van der Waals surface area contributed by atoms with Crippen LogP contribution in [0.25, 0.3) is 11.0 Å². The molecule has 2 aromatic rings. The standard InChI is InChI=1S/C25H29N3O6/c1-33-21-11-19(28(31)32)9-18-10-20(24(30)34-22(18)21)23(29)26-2-4-27(5-3-26)25-12-15-6-16(13-25)8-17(7-15)14-25/h9-11,15-17H,2-8,12-14H2,1H3. The average molecular weight is 468 g/mol. The van der Waals surface area contributed by atoms with Crippen molar-refractivity contribution in [2.24, 2.45) is 17.8 Å². The largest absolute Gasteiger partial charge is 0.493 e. The van der Waals surface area contributed by atoms with Gasteiger partial charge in [0.05, 0.1) is 18.1 Å². The van der Waals surface area contributed by atoms with E-state index in [4.69, 9.17) is 9.15 Å². The predicted octanol–water partition coefficient (Wildman–Crippen LogP) is 3.44. The van der Waals surface area contributed by atoms with E-state index < -0.39 is 10.5 Å². The van der Waals surface area contributed by atoms with Gasteiger partial charge in [-0.05, 0) is 62.3 Å². The lowest BCUT2D eigenvalue weighted by molar-refractivity contribution is -0.384. The summed E-state index contributed by atoms with van der Waals surface area (Å²) < 4.78 is 10.6. The number of hydrogen-bond acceptors (Lipinski definition) is 7. The SMILES string of the molecule is COc1cc([N+](=O)[O-])cc2cc(C(=O)N3CCN(C45CC6CC(CC(C6)C4)C5)CC3)c(=O)oc12. The summed E-state index contributed by atoms with van der Waals surface area (Å²) >= 11 is 0. The number of ether oxygens (including phenoxy) is 1.